The Labute approximate surface area is 107 Å². The smallest absolute Gasteiger partial charge is 0.263 e. The summed E-state index contributed by atoms with van der Waals surface area (Å²) in [5.41, 5.74) is 1.11. The second-order valence-corrected chi connectivity index (χ2v) is 4.73. The fraction of sp³-hybridized carbons (Fsp3) is 0.500. The number of likely N-dealkylation sites (tertiary alicyclic amines) is 1. The minimum Gasteiger partial charge on any atom is -0.481 e. The van der Waals surface area contributed by atoms with Gasteiger partial charge in [-0.15, -0.1) is 0 Å². The number of benzene rings is 1. The van der Waals surface area contributed by atoms with E-state index in [1.54, 1.807) is 4.90 Å². The highest BCUT2D eigenvalue weighted by atomic mass is 16.5. The number of aryl methyl sites for hydroxylation is 1. The summed E-state index contributed by atoms with van der Waals surface area (Å²) in [6.07, 6.45) is -0.205. The Morgan fingerprint density at radius 3 is 2.83 bits per heavy atom. The molecule has 1 fully saturated rings. The topological polar surface area (TPSA) is 49.8 Å². The van der Waals surface area contributed by atoms with Gasteiger partial charge in [-0.25, -0.2) is 0 Å². The number of aliphatic hydroxyl groups excluding tert-OH is 1. The zero-order valence-corrected chi connectivity index (χ0v) is 10.8. The third kappa shape index (κ3) is 2.82. The molecule has 0 saturated carbocycles. The van der Waals surface area contributed by atoms with Gasteiger partial charge >= 0.3 is 0 Å². The molecule has 0 bridgehead atoms. The van der Waals surface area contributed by atoms with Gasteiger partial charge in [0.25, 0.3) is 5.91 Å². The summed E-state index contributed by atoms with van der Waals surface area (Å²) in [5.74, 6) is 0.681. The maximum absolute atomic E-state index is 12.1. The Hall–Kier alpha value is -1.55. The van der Waals surface area contributed by atoms with Crippen molar-refractivity contribution in [2.75, 3.05) is 13.1 Å². The minimum atomic E-state index is -0.459. The van der Waals surface area contributed by atoms with Gasteiger partial charge in [-0.2, -0.15) is 0 Å². The van der Waals surface area contributed by atoms with E-state index in [0.29, 0.717) is 19.5 Å². The van der Waals surface area contributed by atoms with E-state index in [1.807, 2.05) is 38.1 Å². The molecule has 0 aliphatic carbocycles. The molecule has 1 aromatic rings. The maximum Gasteiger partial charge on any atom is 0.263 e. The van der Waals surface area contributed by atoms with E-state index in [0.717, 1.165) is 11.3 Å². The van der Waals surface area contributed by atoms with Crippen LogP contribution in [0.2, 0.25) is 0 Å². The van der Waals surface area contributed by atoms with Gasteiger partial charge in [-0.05, 0) is 31.0 Å². The van der Waals surface area contributed by atoms with Gasteiger partial charge in [-0.3, -0.25) is 4.79 Å². The summed E-state index contributed by atoms with van der Waals surface area (Å²) in [6, 6.07) is 7.67. The SMILES string of the molecule is CCC(Oc1cccc(C)c1)C(=O)N1CC(O)C1. The number of carbonyl (C=O) groups excluding carboxylic acids is 1. The molecule has 1 aliphatic rings. The molecular weight excluding hydrogens is 230 g/mol. The lowest BCUT2D eigenvalue weighted by Gasteiger charge is -2.37. The lowest BCUT2D eigenvalue weighted by atomic mass is 10.1. The molecule has 0 spiro atoms. The Morgan fingerprint density at radius 2 is 2.28 bits per heavy atom. The molecule has 18 heavy (non-hydrogen) atoms. The Bertz CT molecular complexity index is 427. The fourth-order valence-corrected chi connectivity index (χ4v) is 2.00. The van der Waals surface area contributed by atoms with Crippen LogP contribution in [0.4, 0.5) is 0 Å². The van der Waals surface area contributed by atoms with Crippen LogP contribution in [-0.2, 0) is 4.79 Å². The molecule has 1 unspecified atom stereocenters. The fourth-order valence-electron chi connectivity index (χ4n) is 2.00. The van der Waals surface area contributed by atoms with Crippen molar-refractivity contribution in [3.05, 3.63) is 29.8 Å². The number of carbonyl (C=O) groups is 1. The van der Waals surface area contributed by atoms with Crippen molar-refractivity contribution in [2.24, 2.45) is 0 Å². The van der Waals surface area contributed by atoms with Gasteiger partial charge in [-0.1, -0.05) is 19.1 Å². The Kier molecular flexibility index (Phi) is 3.87. The van der Waals surface area contributed by atoms with Crippen molar-refractivity contribution in [1.82, 2.24) is 4.90 Å². The van der Waals surface area contributed by atoms with E-state index >= 15 is 0 Å². The largest absolute Gasteiger partial charge is 0.481 e. The van der Waals surface area contributed by atoms with Crippen LogP contribution in [0.5, 0.6) is 5.75 Å². The first-order chi connectivity index (χ1) is 8.60. The molecule has 4 nitrogen and oxygen atoms in total. The van der Waals surface area contributed by atoms with Crippen LogP contribution < -0.4 is 4.74 Å². The van der Waals surface area contributed by atoms with E-state index in [9.17, 15) is 9.90 Å². The molecule has 1 heterocycles. The molecule has 1 N–H and O–H groups in total. The van der Waals surface area contributed by atoms with Gasteiger partial charge in [0.05, 0.1) is 6.10 Å². The number of hydrogen-bond donors (Lipinski definition) is 1. The Morgan fingerprint density at radius 1 is 1.56 bits per heavy atom. The van der Waals surface area contributed by atoms with E-state index in [4.69, 9.17) is 4.74 Å². The molecular formula is C14H19NO3. The normalized spacial score (nSPS) is 17.2. The van der Waals surface area contributed by atoms with E-state index in [2.05, 4.69) is 0 Å². The van der Waals surface area contributed by atoms with Crippen molar-refractivity contribution in [3.63, 3.8) is 0 Å². The highest BCUT2D eigenvalue weighted by Crippen LogP contribution is 2.18. The first-order valence-corrected chi connectivity index (χ1v) is 6.30. The molecule has 1 atom stereocenters. The van der Waals surface area contributed by atoms with Gasteiger partial charge in [0.1, 0.15) is 5.75 Å². The third-order valence-electron chi connectivity index (χ3n) is 3.09. The first kappa shape index (κ1) is 12.9. The molecule has 4 heteroatoms. The standard InChI is InChI=1S/C14H19NO3/c1-3-13(14(17)15-8-11(16)9-15)18-12-6-4-5-10(2)7-12/h4-7,11,13,16H,3,8-9H2,1-2H3. The van der Waals surface area contributed by atoms with Gasteiger partial charge in [0.2, 0.25) is 0 Å². The van der Waals surface area contributed by atoms with Crippen LogP contribution >= 0.6 is 0 Å². The summed E-state index contributed by atoms with van der Waals surface area (Å²) in [6.45, 7) is 4.76. The number of ether oxygens (including phenoxy) is 1. The monoisotopic (exact) mass is 249 g/mol. The second kappa shape index (κ2) is 5.40. The molecule has 0 radical (unpaired) electrons. The lowest BCUT2D eigenvalue weighted by Crippen LogP contribution is -2.57. The molecule has 98 valence electrons. The van der Waals surface area contributed by atoms with Crippen molar-refractivity contribution in [3.8, 4) is 5.75 Å². The maximum atomic E-state index is 12.1. The number of amides is 1. The number of β-amino-alcohol motifs (C(OH)–C–C–N with tert-alkyl or cyclic N) is 1. The zero-order valence-electron chi connectivity index (χ0n) is 10.8. The number of aliphatic hydroxyl groups is 1. The highest BCUT2D eigenvalue weighted by Gasteiger charge is 2.33. The Balaban J connectivity index is 1.98. The summed E-state index contributed by atoms with van der Waals surface area (Å²) in [7, 11) is 0. The first-order valence-electron chi connectivity index (χ1n) is 6.30. The summed E-state index contributed by atoms with van der Waals surface area (Å²) < 4.78 is 5.73. The molecule has 0 aromatic heterocycles. The van der Waals surface area contributed by atoms with Crippen LogP contribution in [0.3, 0.4) is 0 Å². The van der Waals surface area contributed by atoms with Crippen LogP contribution in [0.1, 0.15) is 18.9 Å². The molecule has 1 amide bonds. The van der Waals surface area contributed by atoms with Gasteiger partial charge in [0, 0.05) is 13.1 Å². The predicted octanol–water partition coefficient (Wildman–Crippen LogP) is 1.36. The molecule has 1 aliphatic heterocycles. The predicted molar refractivity (Wildman–Crippen MR) is 68.5 cm³/mol. The zero-order chi connectivity index (χ0) is 13.1. The lowest BCUT2D eigenvalue weighted by molar-refractivity contribution is -0.149. The van der Waals surface area contributed by atoms with E-state index in [1.165, 1.54) is 0 Å². The number of nitrogens with zero attached hydrogens (tertiary/aromatic N) is 1. The average molecular weight is 249 g/mol. The number of rotatable bonds is 4. The van der Waals surface area contributed by atoms with Crippen LogP contribution in [0.15, 0.2) is 24.3 Å². The molecule has 1 saturated heterocycles. The van der Waals surface area contributed by atoms with E-state index in [-0.39, 0.29) is 12.0 Å². The van der Waals surface area contributed by atoms with Gasteiger partial charge < -0.3 is 14.7 Å². The average Bonchev–Trinajstić information content (AvgIpc) is 2.31. The van der Waals surface area contributed by atoms with Crippen molar-refractivity contribution < 1.29 is 14.6 Å². The van der Waals surface area contributed by atoms with Crippen LogP contribution in [-0.4, -0.2) is 41.2 Å². The van der Waals surface area contributed by atoms with E-state index < -0.39 is 6.10 Å². The third-order valence-corrected chi connectivity index (χ3v) is 3.09. The summed E-state index contributed by atoms with van der Waals surface area (Å²) in [4.78, 5) is 13.7. The summed E-state index contributed by atoms with van der Waals surface area (Å²) in [5, 5.41) is 9.21. The highest BCUT2D eigenvalue weighted by molar-refractivity contribution is 5.82. The van der Waals surface area contributed by atoms with Crippen molar-refractivity contribution in [2.45, 2.75) is 32.5 Å². The van der Waals surface area contributed by atoms with Crippen molar-refractivity contribution >= 4 is 5.91 Å². The molecule has 1 aromatic carbocycles. The second-order valence-electron chi connectivity index (χ2n) is 4.73. The van der Waals surface area contributed by atoms with Gasteiger partial charge in [0.15, 0.2) is 6.10 Å². The quantitative estimate of drug-likeness (QED) is 0.876. The van der Waals surface area contributed by atoms with Crippen molar-refractivity contribution in [1.29, 1.82) is 0 Å². The summed E-state index contributed by atoms with van der Waals surface area (Å²) >= 11 is 0. The minimum absolute atomic E-state index is 0.0377. The van der Waals surface area contributed by atoms with Crippen LogP contribution in [0.25, 0.3) is 0 Å². The molecule has 2 rings (SSSR count). The number of hydrogen-bond acceptors (Lipinski definition) is 3. The van der Waals surface area contributed by atoms with Crippen LogP contribution in [0, 0.1) is 6.92 Å².